The Morgan fingerprint density at radius 3 is 2.46 bits per heavy atom. The summed E-state index contributed by atoms with van der Waals surface area (Å²) in [6.07, 6.45) is 8.85. The van der Waals surface area contributed by atoms with Crippen LogP contribution in [0.4, 0.5) is 0 Å². The Bertz CT molecular complexity index is 1120. The Morgan fingerprint density at radius 2 is 1.89 bits per heavy atom. The number of ether oxygens (including phenoxy) is 1. The second-order valence-electron chi connectivity index (χ2n) is 13.1. The van der Waals surface area contributed by atoms with E-state index in [1.54, 1.807) is 0 Å². The minimum Gasteiger partial charge on any atom is -0.504 e. The number of allylic oxidation sites excluding steroid dienone is 5. The van der Waals surface area contributed by atoms with Gasteiger partial charge in [-0.2, -0.15) is 0 Å². The number of ketones is 2. The molecule has 0 heterocycles. The van der Waals surface area contributed by atoms with Gasteiger partial charge in [0.15, 0.2) is 5.76 Å². The van der Waals surface area contributed by atoms with Crippen LogP contribution in [0.3, 0.4) is 0 Å². The Labute approximate surface area is 222 Å². The van der Waals surface area contributed by atoms with Gasteiger partial charge in [0.05, 0.1) is 5.57 Å². The van der Waals surface area contributed by atoms with Crippen molar-refractivity contribution in [2.45, 2.75) is 105 Å². The largest absolute Gasteiger partial charge is 0.504 e. The lowest BCUT2D eigenvalue weighted by Gasteiger charge is -2.39. The van der Waals surface area contributed by atoms with Crippen LogP contribution in [0.2, 0.25) is 0 Å². The second-order valence-corrected chi connectivity index (χ2v) is 13.1. The van der Waals surface area contributed by atoms with Crippen molar-refractivity contribution in [3.05, 3.63) is 46.3 Å². The molecule has 3 unspecified atom stereocenters. The molecule has 5 atom stereocenters. The summed E-state index contributed by atoms with van der Waals surface area (Å²) < 4.78 is 6.10. The standard InChI is InChI=1S/C32H44O5/c1-8-9-10-11-22-26(30(36)37-24-15-20-16-32(24,7)17-31(20,5)6)28(34)25(29(35)27(22)33)23-14-19(4)12-13-21(23)18(2)3/h14,20-21,23-24,35H,2,8-13,15-17H2,1,3-7H3/t20?,21-,23+,24?,32?/m0/s1. The molecule has 4 rings (SSSR count). The van der Waals surface area contributed by atoms with Crippen molar-refractivity contribution in [1.29, 1.82) is 0 Å². The average molecular weight is 509 g/mol. The number of rotatable bonds is 8. The molecule has 5 heteroatoms. The van der Waals surface area contributed by atoms with Crippen LogP contribution >= 0.6 is 0 Å². The highest BCUT2D eigenvalue weighted by Crippen LogP contribution is 2.63. The number of esters is 1. The molecule has 1 N–H and O–H groups in total. The van der Waals surface area contributed by atoms with E-state index in [-0.39, 0.29) is 46.0 Å². The van der Waals surface area contributed by atoms with Gasteiger partial charge in [0.2, 0.25) is 11.6 Å². The quantitative estimate of drug-likeness (QED) is 0.124. The topological polar surface area (TPSA) is 80.7 Å². The van der Waals surface area contributed by atoms with E-state index in [9.17, 15) is 19.5 Å². The van der Waals surface area contributed by atoms with Gasteiger partial charge in [0.25, 0.3) is 0 Å². The molecule has 4 aliphatic rings. The van der Waals surface area contributed by atoms with Crippen LogP contribution in [0.25, 0.3) is 0 Å². The Morgan fingerprint density at radius 1 is 1.19 bits per heavy atom. The summed E-state index contributed by atoms with van der Waals surface area (Å²) in [4.78, 5) is 41.4. The van der Waals surface area contributed by atoms with Gasteiger partial charge in [0.1, 0.15) is 11.7 Å². The Hall–Kier alpha value is -2.43. The first-order valence-corrected chi connectivity index (χ1v) is 14.1. The predicted octanol–water partition coefficient (Wildman–Crippen LogP) is 7.13. The van der Waals surface area contributed by atoms with Gasteiger partial charge in [-0.15, -0.1) is 0 Å². The fourth-order valence-electron chi connectivity index (χ4n) is 7.65. The summed E-state index contributed by atoms with van der Waals surface area (Å²) >= 11 is 0. The van der Waals surface area contributed by atoms with E-state index in [1.807, 2.05) is 19.9 Å². The summed E-state index contributed by atoms with van der Waals surface area (Å²) in [5.41, 5.74) is 2.07. The van der Waals surface area contributed by atoms with E-state index >= 15 is 0 Å². The number of carbonyl (C=O) groups is 3. The normalized spacial score (nSPS) is 33.2. The number of unbranched alkanes of at least 4 members (excludes halogenated alkanes) is 2. The number of Topliss-reactive ketones (excluding diaryl/α,β-unsaturated/α-hetero) is 2. The van der Waals surface area contributed by atoms with Crippen LogP contribution in [0, 0.1) is 28.6 Å². The summed E-state index contributed by atoms with van der Waals surface area (Å²) in [6.45, 7) is 16.8. The molecule has 2 bridgehead atoms. The first-order valence-electron chi connectivity index (χ1n) is 14.1. The average Bonchev–Trinajstić information content (AvgIpc) is 3.24. The molecule has 0 aromatic heterocycles. The number of aliphatic hydroxyl groups excluding tert-OH is 1. The molecule has 0 amide bonds. The maximum absolute atomic E-state index is 14.1. The zero-order valence-electron chi connectivity index (χ0n) is 23.5. The van der Waals surface area contributed by atoms with Crippen LogP contribution < -0.4 is 0 Å². The van der Waals surface area contributed by atoms with Crippen molar-refractivity contribution in [2.24, 2.45) is 28.6 Å². The smallest absolute Gasteiger partial charge is 0.342 e. The molecule has 37 heavy (non-hydrogen) atoms. The van der Waals surface area contributed by atoms with Gasteiger partial charge in [-0.05, 0) is 76.0 Å². The highest BCUT2D eigenvalue weighted by molar-refractivity contribution is 6.34. The molecule has 202 valence electrons. The summed E-state index contributed by atoms with van der Waals surface area (Å²) in [7, 11) is 0. The minimum atomic E-state index is -0.699. The SMILES string of the molecule is C=C(C)[C@@H]1CCC(C)=C[C@H]1C1=C(O)C(=O)C(CCCCC)=C(C(=O)OC2CC3CC2(C)CC3(C)C)C1=O. The molecule has 2 saturated carbocycles. The van der Waals surface area contributed by atoms with E-state index in [0.29, 0.717) is 12.3 Å². The van der Waals surface area contributed by atoms with E-state index < -0.39 is 29.2 Å². The van der Waals surface area contributed by atoms with Crippen LogP contribution in [0.1, 0.15) is 99.3 Å². The third-order valence-electron chi connectivity index (χ3n) is 9.67. The van der Waals surface area contributed by atoms with Crippen molar-refractivity contribution in [3.63, 3.8) is 0 Å². The second kappa shape index (κ2) is 10.0. The molecule has 0 aromatic carbocycles. The summed E-state index contributed by atoms with van der Waals surface area (Å²) in [5, 5.41) is 11.1. The van der Waals surface area contributed by atoms with Crippen molar-refractivity contribution >= 4 is 17.5 Å². The first kappa shape index (κ1) is 27.6. The zero-order chi connectivity index (χ0) is 27.3. The van der Waals surface area contributed by atoms with Crippen molar-refractivity contribution in [3.8, 4) is 0 Å². The van der Waals surface area contributed by atoms with Crippen LogP contribution in [0.15, 0.2) is 46.3 Å². The van der Waals surface area contributed by atoms with Crippen LogP contribution in [-0.4, -0.2) is 28.7 Å². The fraction of sp³-hybridized carbons (Fsp3) is 0.656. The Kier molecular flexibility index (Phi) is 7.49. The lowest BCUT2D eigenvalue weighted by atomic mass is 9.69. The number of hydrogen-bond acceptors (Lipinski definition) is 5. The molecule has 4 aliphatic carbocycles. The maximum Gasteiger partial charge on any atom is 0.342 e. The fourth-order valence-corrected chi connectivity index (χ4v) is 7.65. The lowest BCUT2D eigenvalue weighted by molar-refractivity contribution is -0.153. The maximum atomic E-state index is 14.1. The van der Waals surface area contributed by atoms with Crippen molar-refractivity contribution < 1.29 is 24.2 Å². The van der Waals surface area contributed by atoms with E-state index in [4.69, 9.17) is 4.74 Å². The van der Waals surface area contributed by atoms with Crippen LogP contribution in [0.5, 0.6) is 0 Å². The molecule has 0 aromatic rings. The molecular formula is C32H44O5. The molecule has 0 spiro atoms. The van der Waals surface area contributed by atoms with Crippen LogP contribution in [-0.2, 0) is 19.1 Å². The number of carbonyl (C=O) groups excluding carboxylic acids is 3. The molecule has 0 radical (unpaired) electrons. The van der Waals surface area contributed by atoms with Gasteiger partial charge in [-0.3, -0.25) is 9.59 Å². The number of aliphatic hydroxyl groups is 1. The van der Waals surface area contributed by atoms with Crippen molar-refractivity contribution in [1.82, 2.24) is 0 Å². The molecular weight excluding hydrogens is 464 g/mol. The van der Waals surface area contributed by atoms with Gasteiger partial charge in [-0.25, -0.2) is 4.79 Å². The number of fused-ring (bicyclic) bond motifs is 2. The van der Waals surface area contributed by atoms with Gasteiger partial charge in [0, 0.05) is 16.9 Å². The van der Waals surface area contributed by atoms with E-state index in [1.165, 1.54) is 0 Å². The third kappa shape index (κ3) is 4.91. The van der Waals surface area contributed by atoms with E-state index in [2.05, 4.69) is 34.3 Å². The molecule has 2 fully saturated rings. The van der Waals surface area contributed by atoms with Crippen molar-refractivity contribution in [2.75, 3.05) is 0 Å². The highest BCUT2D eigenvalue weighted by atomic mass is 16.5. The lowest BCUT2D eigenvalue weighted by Crippen LogP contribution is -2.40. The predicted molar refractivity (Wildman–Crippen MR) is 145 cm³/mol. The molecule has 0 aliphatic heterocycles. The monoisotopic (exact) mass is 508 g/mol. The van der Waals surface area contributed by atoms with Gasteiger partial charge >= 0.3 is 5.97 Å². The molecule has 0 saturated heterocycles. The zero-order valence-corrected chi connectivity index (χ0v) is 23.5. The Balaban J connectivity index is 1.70. The van der Waals surface area contributed by atoms with Gasteiger partial charge < -0.3 is 9.84 Å². The number of hydrogen-bond donors (Lipinski definition) is 1. The third-order valence-corrected chi connectivity index (χ3v) is 9.67. The minimum absolute atomic E-state index is 0.0310. The van der Waals surface area contributed by atoms with Gasteiger partial charge in [-0.1, -0.05) is 64.3 Å². The highest BCUT2D eigenvalue weighted by Gasteiger charge is 2.59. The summed E-state index contributed by atoms with van der Waals surface area (Å²) in [5.74, 6) is -2.45. The first-order chi connectivity index (χ1) is 17.3. The summed E-state index contributed by atoms with van der Waals surface area (Å²) in [6, 6.07) is 0. The van der Waals surface area contributed by atoms with E-state index in [0.717, 1.165) is 56.1 Å². The molecule has 5 nitrogen and oxygen atoms in total.